The van der Waals surface area contributed by atoms with Gasteiger partial charge in [0.2, 0.25) is 0 Å². The largest absolute Gasteiger partial charge is 0.381 e. The lowest BCUT2D eigenvalue weighted by atomic mass is 10.1. The maximum Gasteiger partial charge on any atom is 0.318 e. The van der Waals surface area contributed by atoms with Crippen LogP contribution >= 0.6 is 0 Å². The van der Waals surface area contributed by atoms with Gasteiger partial charge in [0.15, 0.2) is 0 Å². The zero-order valence-electron chi connectivity index (χ0n) is 12.2. The lowest BCUT2D eigenvalue weighted by molar-refractivity contribution is 0.129. The molecule has 0 unspecified atom stereocenters. The summed E-state index contributed by atoms with van der Waals surface area (Å²) in [6.07, 6.45) is 4.87. The summed E-state index contributed by atoms with van der Waals surface area (Å²) < 4.78 is 5.40. The molecule has 18 heavy (non-hydrogen) atoms. The van der Waals surface area contributed by atoms with Crippen LogP contribution in [0.3, 0.4) is 0 Å². The zero-order valence-corrected chi connectivity index (χ0v) is 12.2. The van der Waals surface area contributed by atoms with Gasteiger partial charge in [-0.1, -0.05) is 32.8 Å². The molecule has 0 aliphatic carbocycles. The first-order valence-electron chi connectivity index (χ1n) is 6.86. The third-order valence-electron chi connectivity index (χ3n) is 2.73. The average Bonchev–Trinajstić information content (AvgIpc) is 2.34. The quantitative estimate of drug-likeness (QED) is 0.623. The second-order valence-corrected chi connectivity index (χ2v) is 4.76. The second kappa shape index (κ2) is 11.1. The van der Waals surface area contributed by atoms with Gasteiger partial charge in [-0.15, -0.1) is 0 Å². The van der Waals surface area contributed by atoms with E-state index in [-0.39, 0.29) is 6.03 Å². The number of amides is 2. The summed E-state index contributed by atoms with van der Waals surface area (Å²) in [5.74, 6) is 0.456. The van der Waals surface area contributed by atoms with Gasteiger partial charge in [-0.05, 0) is 25.7 Å². The molecule has 0 bridgehead atoms. The van der Waals surface area contributed by atoms with E-state index in [4.69, 9.17) is 4.74 Å². The molecule has 0 spiro atoms. The molecule has 0 rings (SSSR count). The SMILES string of the molecule is CCCCOCCCNC(=O)N/C=C(\C)C(C)C. The van der Waals surface area contributed by atoms with Gasteiger partial charge < -0.3 is 15.4 Å². The van der Waals surface area contributed by atoms with Crippen LogP contribution < -0.4 is 10.6 Å². The molecule has 0 aliphatic rings. The normalized spacial score (nSPS) is 11.7. The summed E-state index contributed by atoms with van der Waals surface area (Å²) in [7, 11) is 0. The summed E-state index contributed by atoms with van der Waals surface area (Å²) in [4.78, 5) is 11.4. The Kier molecular flexibility index (Phi) is 10.4. The molecule has 106 valence electrons. The molecular formula is C14H28N2O2. The van der Waals surface area contributed by atoms with E-state index in [9.17, 15) is 4.79 Å². The molecule has 0 aliphatic heterocycles. The number of urea groups is 1. The molecule has 2 N–H and O–H groups in total. The van der Waals surface area contributed by atoms with E-state index in [2.05, 4.69) is 31.4 Å². The first-order chi connectivity index (χ1) is 8.57. The number of rotatable bonds is 9. The zero-order chi connectivity index (χ0) is 13.8. The van der Waals surface area contributed by atoms with Crippen molar-refractivity contribution in [1.82, 2.24) is 10.6 Å². The maximum absolute atomic E-state index is 11.4. The van der Waals surface area contributed by atoms with Crippen LogP contribution in [0.4, 0.5) is 4.79 Å². The fraction of sp³-hybridized carbons (Fsp3) is 0.786. The molecule has 4 nitrogen and oxygen atoms in total. The molecule has 0 fully saturated rings. The monoisotopic (exact) mass is 256 g/mol. The van der Waals surface area contributed by atoms with Gasteiger partial charge in [-0.25, -0.2) is 4.79 Å². The molecule has 0 heterocycles. The van der Waals surface area contributed by atoms with E-state index in [1.54, 1.807) is 6.20 Å². The maximum atomic E-state index is 11.4. The van der Waals surface area contributed by atoms with Crippen molar-refractivity contribution < 1.29 is 9.53 Å². The minimum Gasteiger partial charge on any atom is -0.381 e. The van der Waals surface area contributed by atoms with E-state index in [0.29, 0.717) is 19.1 Å². The number of carbonyl (C=O) groups excluding carboxylic acids is 1. The first-order valence-corrected chi connectivity index (χ1v) is 6.86. The van der Waals surface area contributed by atoms with Crippen molar-refractivity contribution in [3.05, 3.63) is 11.8 Å². The van der Waals surface area contributed by atoms with Gasteiger partial charge in [0, 0.05) is 26.0 Å². The minimum atomic E-state index is -0.149. The molecule has 4 heteroatoms. The summed E-state index contributed by atoms with van der Waals surface area (Å²) in [5.41, 5.74) is 1.16. The van der Waals surface area contributed by atoms with Crippen LogP contribution in [0, 0.1) is 5.92 Å². The van der Waals surface area contributed by atoms with E-state index in [1.807, 2.05) is 6.92 Å². The van der Waals surface area contributed by atoms with Crippen molar-refractivity contribution in [2.75, 3.05) is 19.8 Å². The lowest BCUT2D eigenvalue weighted by Gasteiger charge is -2.08. The Bertz CT molecular complexity index is 250. The van der Waals surface area contributed by atoms with Gasteiger partial charge in [0.05, 0.1) is 0 Å². The highest BCUT2D eigenvalue weighted by Crippen LogP contribution is 2.05. The van der Waals surface area contributed by atoms with Gasteiger partial charge in [0.1, 0.15) is 0 Å². The molecule has 2 amide bonds. The number of unbranched alkanes of at least 4 members (excludes halogenated alkanes) is 1. The summed E-state index contributed by atoms with van der Waals surface area (Å²) in [6, 6.07) is -0.149. The summed E-state index contributed by atoms with van der Waals surface area (Å²) in [5, 5.41) is 5.52. The number of allylic oxidation sites excluding steroid dienone is 1. The number of hydrogen-bond acceptors (Lipinski definition) is 2. The predicted octanol–water partition coefficient (Wildman–Crippen LogP) is 3.05. The third kappa shape index (κ3) is 10.1. The summed E-state index contributed by atoms with van der Waals surface area (Å²) >= 11 is 0. The van der Waals surface area contributed by atoms with Crippen LogP contribution in [0.2, 0.25) is 0 Å². The molecule has 0 aromatic carbocycles. The fourth-order valence-electron chi connectivity index (χ4n) is 1.12. The van der Waals surface area contributed by atoms with Crippen molar-refractivity contribution in [2.24, 2.45) is 5.92 Å². The van der Waals surface area contributed by atoms with Gasteiger partial charge in [0.25, 0.3) is 0 Å². The molecule has 0 atom stereocenters. The molecule has 0 aromatic heterocycles. The second-order valence-electron chi connectivity index (χ2n) is 4.76. The Morgan fingerprint density at radius 3 is 2.56 bits per heavy atom. The minimum absolute atomic E-state index is 0.149. The number of hydrogen-bond donors (Lipinski definition) is 2. The van der Waals surface area contributed by atoms with E-state index >= 15 is 0 Å². The van der Waals surface area contributed by atoms with E-state index in [0.717, 1.165) is 31.4 Å². The predicted molar refractivity (Wildman–Crippen MR) is 75.5 cm³/mol. The Morgan fingerprint density at radius 1 is 1.28 bits per heavy atom. The molecule has 0 saturated carbocycles. The first kappa shape index (κ1) is 17.0. The van der Waals surface area contributed by atoms with Gasteiger partial charge >= 0.3 is 6.03 Å². The number of ether oxygens (including phenoxy) is 1. The Labute approximate surface area is 111 Å². The Morgan fingerprint density at radius 2 is 1.94 bits per heavy atom. The van der Waals surface area contributed by atoms with Crippen molar-refractivity contribution in [3.8, 4) is 0 Å². The smallest absolute Gasteiger partial charge is 0.318 e. The Hall–Kier alpha value is -1.03. The Balaban J connectivity index is 3.46. The van der Waals surface area contributed by atoms with Crippen LogP contribution in [-0.2, 0) is 4.74 Å². The topological polar surface area (TPSA) is 50.4 Å². The number of nitrogens with one attached hydrogen (secondary N) is 2. The lowest BCUT2D eigenvalue weighted by Crippen LogP contribution is -2.33. The molecule has 0 aromatic rings. The van der Waals surface area contributed by atoms with E-state index < -0.39 is 0 Å². The molecular weight excluding hydrogens is 228 g/mol. The van der Waals surface area contributed by atoms with Crippen LogP contribution in [0.1, 0.15) is 47.0 Å². The highest BCUT2D eigenvalue weighted by Gasteiger charge is 1.99. The van der Waals surface area contributed by atoms with Crippen LogP contribution in [-0.4, -0.2) is 25.8 Å². The van der Waals surface area contributed by atoms with E-state index in [1.165, 1.54) is 0 Å². The number of carbonyl (C=O) groups is 1. The standard InChI is InChI=1S/C14H28N2O2/c1-5-6-9-18-10-7-8-15-14(17)16-11-13(4)12(2)3/h11-12H,5-10H2,1-4H3,(H2,15,16,17)/b13-11+. The van der Waals surface area contributed by atoms with Gasteiger partial charge in [-0.3, -0.25) is 0 Å². The third-order valence-corrected chi connectivity index (χ3v) is 2.73. The van der Waals surface area contributed by atoms with Crippen molar-refractivity contribution in [1.29, 1.82) is 0 Å². The van der Waals surface area contributed by atoms with Crippen LogP contribution in [0.5, 0.6) is 0 Å². The van der Waals surface area contributed by atoms with Crippen LogP contribution in [0.15, 0.2) is 11.8 Å². The highest BCUT2D eigenvalue weighted by atomic mass is 16.5. The fourth-order valence-corrected chi connectivity index (χ4v) is 1.12. The average molecular weight is 256 g/mol. The van der Waals surface area contributed by atoms with Gasteiger partial charge in [-0.2, -0.15) is 0 Å². The van der Waals surface area contributed by atoms with Crippen molar-refractivity contribution in [3.63, 3.8) is 0 Å². The van der Waals surface area contributed by atoms with Crippen LogP contribution in [0.25, 0.3) is 0 Å². The summed E-state index contributed by atoms with van der Waals surface area (Å²) in [6.45, 7) is 10.5. The van der Waals surface area contributed by atoms with Crippen molar-refractivity contribution in [2.45, 2.75) is 47.0 Å². The highest BCUT2D eigenvalue weighted by molar-refractivity contribution is 5.74. The molecule has 0 radical (unpaired) electrons. The molecule has 0 saturated heterocycles. The van der Waals surface area contributed by atoms with Crippen molar-refractivity contribution >= 4 is 6.03 Å².